The first-order valence-electron chi connectivity index (χ1n) is 5.58. The second-order valence-electron chi connectivity index (χ2n) is 4.14. The van der Waals surface area contributed by atoms with Crippen molar-refractivity contribution in [3.8, 4) is 0 Å². The van der Waals surface area contributed by atoms with Crippen molar-refractivity contribution in [2.75, 3.05) is 23.4 Å². The Labute approximate surface area is 106 Å². The zero-order valence-corrected chi connectivity index (χ0v) is 10.5. The standard InChI is InChI=1S/C12H16N6/c1-8-4-3-5-9(15-8)7-18(2)11-6-10(13)16-12(14)17-11/h3-6H,7H2,1-2H3,(H4,13,14,16,17). The Morgan fingerprint density at radius 3 is 2.61 bits per heavy atom. The Balaban J connectivity index is 2.19. The van der Waals surface area contributed by atoms with Gasteiger partial charge < -0.3 is 16.4 Å². The Hall–Kier alpha value is -2.37. The molecule has 0 aliphatic carbocycles. The number of aryl methyl sites for hydroxylation is 1. The van der Waals surface area contributed by atoms with Crippen molar-refractivity contribution >= 4 is 17.6 Å². The molecule has 18 heavy (non-hydrogen) atoms. The molecule has 2 aromatic rings. The third kappa shape index (κ3) is 2.85. The maximum Gasteiger partial charge on any atom is 0.223 e. The van der Waals surface area contributed by atoms with Crippen molar-refractivity contribution < 1.29 is 0 Å². The van der Waals surface area contributed by atoms with E-state index >= 15 is 0 Å². The van der Waals surface area contributed by atoms with E-state index in [-0.39, 0.29) is 5.95 Å². The predicted molar refractivity (Wildman–Crippen MR) is 71.9 cm³/mol. The fourth-order valence-corrected chi connectivity index (χ4v) is 1.68. The Morgan fingerprint density at radius 2 is 1.94 bits per heavy atom. The van der Waals surface area contributed by atoms with Gasteiger partial charge in [0.2, 0.25) is 5.95 Å². The van der Waals surface area contributed by atoms with Gasteiger partial charge in [-0.1, -0.05) is 6.07 Å². The normalized spacial score (nSPS) is 10.3. The number of pyridine rings is 1. The van der Waals surface area contributed by atoms with Gasteiger partial charge in [-0.3, -0.25) is 4.98 Å². The van der Waals surface area contributed by atoms with Gasteiger partial charge in [0.15, 0.2) is 0 Å². The second-order valence-corrected chi connectivity index (χ2v) is 4.14. The van der Waals surface area contributed by atoms with Crippen molar-refractivity contribution in [2.24, 2.45) is 0 Å². The summed E-state index contributed by atoms with van der Waals surface area (Å²) in [5.74, 6) is 1.22. The molecule has 2 rings (SSSR count). The van der Waals surface area contributed by atoms with Crippen LogP contribution >= 0.6 is 0 Å². The lowest BCUT2D eigenvalue weighted by molar-refractivity contribution is 0.857. The number of hydrogen-bond donors (Lipinski definition) is 2. The SMILES string of the molecule is Cc1cccc(CN(C)c2cc(N)nc(N)n2)n1. The fourth-order valence-electron chi connectivity index (χ4n) is 1.68. The Morgan fingerprint density at radius 1 is 1.17 bits per heavy atom. The molecule has 0 aliphatic rings. The van der Waals surface area contributed by atoms with Crippen LogP contribution in [0, 0.1) is 6.92 Å². The Bertz CT molecular complexity index is 534. The number of aromatic nitrogens is 3. The summed E-state index contributed by atoms with van der Waals surface area (Å²) >= 11 is 0. The first kappa shape index (κ1) is 12.1. The van der Waals surface area contributed by atoms with E-state index in [4.69, 9.17) is 11.5 Å². The number of rotatable bonds is 3. The van der Waals surface area contributed by atoms with Gasteiger partial charge in [0, 0.05) is 18.8 Å². The van der Waals surface area contributed by atoms with Crippen LogP contribution < -0.4 is 16.4 Å². The van der Waals surface area contributed by atoms with Crippen LogP contribution in [0.3, 0.4) is 0 Å². The van der Waals surface area contributed by atoms with Crippen molar-refractivity contribution in [1.29, 1.82) is 0 Å². The van der Waals surface area contributed by atoms with E-state index in [9.17, 15) is 0 Å². The highest BCUT2D eigenvalue weighted by atomic mass is 15.2. The smallest absolute Gasteiger partial charge is 0.223 e. The summed E-state index contributed by atoms with van der Waals surface area (Å²) in [6, 6.07) is 7.60. The van der Waals surface area contributed by atoms with Crippen molar-refractivity contribution in [2.45, 2.75) is 13.5 Å². The summed E-state index contributed by atoms with van der Waals surface area (Å²) in [5.41, 5.74) is 13.2. The molecule has 2 heterocycles. The minimum absolute atomic E-state index is 0.175. The van der Waals surface area contributed by atoms with Crippen LogP contribution in [0.1, 0.15) is 11.4 Å². The largest absolute Gasteiger partial charge is 0.383 e. The number of nitrogens with zero attached hydrogens (tertiary/aromatic N) is 4. The van der Waals surface area contributed by atoms with Crippen LogP contribution in [0.5, 0.6) is 0 Å². The van der Waals surface area contributed by atoms with Crippen molar-refractivity contribution in [3.05, 3.63) is 35.7 Å². The molecule has 6 nitrogen and oxygen atoms in total. The van der Waals surface area contributed by atoms with E-state index in [0.29, 0.717) is 18.2 Å². The molecule has 0 aliphatic heterocycles. The molecule has 94 valence electrons. The summed E-state index contributed by atoms with van der Waals surface area (Å²) in [7, 11) is 1.91. The van der Waals surface area contributed by atoms with Gasteiger partial charge in [0.1, 0.15) is 11.6 Å². The van der Waals surface area contributed by atoms with Crippen LogP contribution in [0.2, 0.25) is 0 Å². The lowest BCUT2D eigenvalue weighted by Gasteiger charge is -2.18. The molecule has 0 saturated carbocycles. The zero-order chi connectivity index (χ0) is 13.1. The average molecular weight is 244 g/mol. The van der Waals surface area contributed by atoms with Gasteiger partial charge in [-0.25, -0.2) is 0 Å². The molecule has 0 atom stereocenters. The molecule has 0 aromatic carbocycles. The van der Waals surface area contributed by atoms with Gasteiger partial charge in [-0.05, 0) is 19.1 Å². The highest BCUT2D eigenvalue weighted by molar-refractivity contribution is 5.49. The summed E-state index contributed by atoms with van der Waals surface area (Å²) in [6.45, 7) is 2.60. The van der Waals surface area contributed by atoms with E-state index in [1.54, 1.807) is 6.07 Å². The van der Waals surface area contributed by atoms with Gasteiger partial charge in [0.25, 0.3) is 0 Å². The topological polar surface area (TPSA) is 94.0 Å². The molecule has 2 aromatic heterocycles. The average Bonchev–Trinajstić information content (AvgIpc) is 2.27. The van der Waals surface area contributed by atoms with Gasteiger partial charge in [-0.2, -0.15) is 9.97 Å². The molecule has 4 N–H and O–H groups in total. The molecule has 6 heteroatoms. The molecular weight excluding hydrogens is 228 g/mol. The first-order chi connectivity index (χ1) is 8.54. The van der Waals surface area contributed by atoms with Crippen LogP contribution in [0.25, 0.3) is 0 Å². The minimum atomic E-state index is 0.175. The van der Waals surface area contributed by atoms with E-state index in [1.165, 1.54) is 0 Å². The van der Waals surface area contributed by atoms with Crippen LogP contribution in [0.15, 0.2) is 24.3 Å². The third-order valence-electron chi connectivity index (χ3n) is 2.49. The minimum Gasteiger partial charge on any atom is -0.383 e. The quantitative estimate of drug-likeness (QED) is 0.835. The van der Waals surface area contributed by atoms with Gasteiger partial charge >= 0.3 is 0 Å². The summed E-state index contributed by atoms with van der Waals surface area (Å²) < 4.78 is 0. The molecular formula is C12H16N6. The molecule has 0 spiro atoms. The molecule has 0 radical (unpaired) electrons. The number of nitrogens with two attached hydrogens (primary N) is 2. The lowest BCUT2D eigenvalue weighted by Crippen LogP contribution is -2.19. The van der Waals surface area contributed by atoms with Gasteiger partial charge in [-0.15, -0.1) is 0 Å². The van der Waals surface area contributed by atoms with Gasteiger partial charge in [0.05, 0.1) is 12.2 Å². The molecule has 0 fully saturated rings. The molecule has 0 amide bonds. The second kappa shape index (κ2) is 4.87. The molecule has 0 unspecified atom stereocenters. The van der Waals surface area contributed by atoms with Crippen molar-refractivity contribution in [1.82, 2.24) is 15.0 Å². The summed E-state index contributed by atoms with van der Waals surface area (Å²) in [5, 5.41) is 0. The third-order valence-corrected chi connectivity index (χ3v) is 2.49. The van der Waals surface area contributed by atoms with E-state index in [2.05, 4.69) is 15.0 Å². The number of hydrogen-bond acceptors (Lipinski definition) is 6. The van der Waals surface area contributed by atoms with E-state index in [0.717, 1.165) is 11.4 Å². The maximum absolute atomic E-state index is 5.64. The van der Waals surface area contributed by atoms with Crippen LogP contribution in [-0.4, -0.2) is 22.0 Å². The lowest BCUT2D eigenvalue weighted by atomic mass is 10.3. The molecule has 0 saturated heterocycles. The monoisotopic (exact) mass is 244 g/mol. The Kier molecular flexibility index (Phi) is 3.27. The summed E-state index contributed by atoms with van der Waals surface area (Å²) in [6.07, 6.45) is 0. The number of nitrogen functional groups attached to an aromatic ring is 2. The van der Waals surface area contributed by atoms with Crippen molar-refractivity contribution in [3.63, 3.8) is 0 Å². The highest BCUT2D eigenvalue weighted by Gasteiger charge is 2.07. The maximum atomic E-state index is 5.64. The van der Waals surface area contributed by atoms with Crippen LogP contribution in [0.4, 0.5) is 17.6 Å². The number of anilines is 3. The van der Waals surface area contributed by atoms with Crippen LogP contribution in [-0.2, 0) is 6.54 Å². The molecule has 0 bridgehead atoms. The predicted octanol–water partition coefficient (Wildman–Crippen LogP) is 0.981. The fraction of sp³-hybridized carbons (Fsp3) is 0.250. The van der Waals surface area contributed by atoms with E-state index in [1.807, 2.05) is 37.1 Å². The summed E-state index contributed by atoms with van der Waals surface area (Å²) in [4.78, 5) is 14.3. The van der Waals surface area contributed by atoms with E-state index < -0.39 is 0 Å². The first-order valence-corrected chi connectivity index (χ1v) is 5.58. The zero-order valence-electron chi connectivity index (χ0n) is 10.5. The highest BCUT2D eigenvalue weighted by Crippen LogP contribution is 2.15.